The summed E-state index contributed by atoms with van der Waals surface area (Å²) < 4.78 is 13.2. The number of hydrogen-bond donors (Lipinski definition) is 4. The average molecular weight is 593 g/mol. The van der Waals surface area contributed by atoms with Crippen LogP contribution >= 0.6 is 0 Å². The van der Waals surface area contributed by atoms with Gasteiger partial charge in [-0.05, 0) is 68.6 Å². The van der Waals surface area contributed by atoms with Crippen molar-refractivity contribution in [2.24, 2.45) is 39.8 Å². The van der Waals surface area contributed by atoms with E-state index in [1.54, 1.807) is 5.43 Å². The third-order valence-electron chi connectivity index (χ3n) is 9.40. The Labute approximate surface area is 249 Å². The van der Waals surface area contributed by atoms with Crippen LogP contribution in [0.4, 0.5) is 0 Å². The minimum atomic E-state index is -0.794. The highest BCUT2D eigenvalue weighted by Crippen LogP contribution is 2.65. The van der Waals surface area contributed by atoms with Crippen LogP contribution in [0, 0.1) is 39.2 Å². The molecule has 0 aromatic carbocycles. The van der Waals surface area contributed by atoms with Crippen LogP contribution in [0.5, 0.6) is 0 Å². The molecule has 4 fully saturated rings. The highest BCUT2D eigenvalue weighted by atomic mass is 16.7. The Balaban J connectivity index is 1.67. The van der Waals surface area contributed by atoms with Gasteiger partial charge in [-0.1, -0.05) is 33.1 Å². The molecule has 0 spiro atoms. The summed E-state index contributed by atoms with van der Waals surface area (Å²) in [6.45, 7) is 12.9. The zero-order valence-electron chi connectivity index (χ0n) is 25.9. The van der Waals surface area contributed by atoms with Crippen LogP contribution in [0.25, 0.3) is 0 Å². The monoisotopic (exact) mass is 592 g/mol. The van der Waals surface area contributed by atoms with Crippen LogP contribution in [0.15, 0.2) is 4.99 Å². The number of carbonyl (C=O) groups excluding carboxylic acids is 3. The van der Waals surface area contributed by atoms with Gasteiger partial charge in [0, 0.05) is 38.8 Å². The molecule has 4 aliphatic rings. The molecule has 6 atom stereocenters. The van der Waals surface area contributed by atoms with Crippen LogP contribution in [0.3, 0.4) is 0 Å². The molecule has 5 N–H and O–H groups in total. The van der Waals surface area contributed by atoms with E-state index in [0.29, 0.717) is 44.1 Å². The molecule has 0 aromatic heterocycles. The van der Waals surface area contributed by atoms with E-state index in [-0.39, 0.29) is 66.3 Å². The number of guanidine groups is 1. The molecule has 1 heterocycles. The van der Waals surface area contributed by atoms with Gasteiger partial charge in [-0.25, -0.2) is 15.1 Å². The van der Waals surface area contributed by atoms with Crippen molar-refractivity contribution in [3.8, 4) is 0 Å². The number of hydrogen-bond acceptors (Lipinski definition) is 8. The standard InChI is InChI=1S/C28H49BN6O7/c1-17(2)13-24(29-41-23-16-20-15-22(27(20,4)5)28(23,6)42-29)33-25(38)19(9-7-12-32-26(30)34-35(39)40)14-21(37)10-8-11-31-18(3)36/h17,19-20,22-24H,7-16H2,1-6H3,(H,31,36)(H,33,38)(H3,30,32,34)/t19-,20+,22+,23-,24+,28+/m1/s1. The van der Waals surface area contributed by atoms with Crippen LogP contribution in [-0.2, 0) is 23.7 Å². The molecule has 2 amide bonds. The number of ketones is 1. The number of nitrogens with one attached hydrogen (secondary N) is 3. The van der Waals surface area contributed by atoms with E-state index in [0.717, 1.165) is 12.8 Å². The number of hydrazine groups is 1. The van der Waals surface area contributed by atoms with Crippen molar-refractivity contribution in [1.29, 1.82) is 0 Å². The maximum Gasteiger partial charge on any atom is 0.481 e. The molecule has 1 saturated heterocycles. The molecule has 13 nitrogen and oxygen atoms in total. The summed E-state index contributed by atoms with van der Waals surface area (Å²) in [6, 6.07) is 0. The molecule has 2 bridgehead atoms. The van der Waals surface area contributed by atoms with Gasteiger partial charge < -0.3 is 25.7 Å². The van der Waals surface area contributed by atoms with E-state index in [2.05, 4.69) is 50.2 Å². The third-order valence-corrected chi connectivity index (χ3v) is 9.40. The summed E-state index contributed by atoms with van der Waals surface area (Å²) in [6.07, 6.45) is 4.24. The van der Waals surface area contributed by atoms with Crippen molar-refractivity contribution in [3.05, 3.63) is 10.1 Å². The first-order chi connectivity index (χ1) is 19.6. The van der Waals surface area contributed by atoms with Gasteiger partial charge in [0.1, 0.15) is 5.78 Å². The van der Waals surface area contributed by atoms with Crippen LogP contribution in [0.2, 0.25) is 0 Å². The van der Waals surface area contributed by atoms with Gasteiger partial charge in [0.25, 0.3) is 5.96 Å². The summed E-state index contributed by atoms with van der Waals surface area (Å²) in [5.41, 5.74) is 7.09. The quantitative estimate of drug-likeness (QED) is 0.0520. The Bertz CT molecular complexity index is 1040. The minimum Gasteiger partial charge on any atom is -0.404 e. The first kappa shape index (κ1) is 33.8. The number of aliphatic imine (C=N–C) groups is 1. The fourth-order valence-corrected chi connectivity index (χ4v) is 7.04. The highest BCUT2D eigenvalue weighted by molar-refractivity contribution is 6.47. The number of nitro groups is 1. The average Bonchev–Trinajstić information content (AvgIpc) is 3.24. The van der Waals surface area contributed by atoms with Crippen molar-refractivity contribution in [1.82, 2.24) is 16.1 Å². The molecule has 42 heavy (non-hydrogen) atoms. The van der Waals surface area contributed by atoms with Gasteiger partial charge in [0.15, 0.2) is 5.03 Å². The fourth-order valence-electron chi connectivity index (χ4n) is 7.04. The molecule has 0 aromatic rings. The topological polar surface area (TPSA) is 187 Å². The normalized spacial score (nSPS) is 27.5. The van der Waals surface area contributed by atoms with Gasteiger partial charge in [0.2, 0.25) is 11.8 Å². The Morgan fingerprint density at radius 1 is 1.19 bits per heavy atom. The summed E-state index contributed by atoms with van der Waals surface area (Å²) in [5.74, 6) is -0.542. The minimum absolute atomic E-state index is 0.0112. The van der Waals surface area contributed by atoms with Crippen molar-refractivity contribution < 1.29 is 28.7 Å². The molecule has 3 aliphatic carbocycles. The molecular formula is C28H49BN6O7. The molecule has 0 unspecified atom stereocenters. The molecule has 3 saturated carbocycles. The Hall–Kier alpha value is -2.74. The lowest BCUT2D eigenvalue weighted by Gasteiger charge is -2.64. The van der Waals surface area contributed by atoms with E-state index in [4.69, 9.17) is 15.0 Å². The molecular weight excluding hydrogens is 543 g/mol. The number of nitrogens with zero attached hydrogens (tertiary/aromatic N) is 2. The Kier molecular flexibility index (Phi) is 11.4. The molecule has 236 valence electrons. The zero-order chi connectivity index (χ0) is 31.2. The summed E-state index contributed by atoms with van der Waals surface area (Å²) in [7, 11) is -0.576. The summed E-state index contributed by atoms with van der Waals surface area (Å²) in [4.78, 5) is 52.1. The number of carbonyl (C=O) groups is 3. The van der Waals surface area contributed by atoms with Gasteiger partial charge in [-0.2, -0.15) is 0 Å². The Morgan fingerprint density at radius 3 is 2.52 bits per heavy atom. The SMILES string of the molecule is CC(=O)NCCCC(=O)C[C@@H](CCCN=C(N)N[N+](=O)[O-])C(=O)N[C@@H](CC(C)C)B1O[C@@H]2C[C@@H]3C[C@@H](C3(C)C)[C@]2(C)O1. The van der Waals surface area contributed by atoms with Crippen LogP contribution in [-0.4, -0.2) is 66.4 Å². The second-order valence-electron chi connectivity index (χ2n) is 13.4. The van der Waals surface area contributed by atoms with Gasteiger partial charge in [-0.3, -0.25) is 14.4 Å². The lowest BCUT2D eigenvalue weighted by Crippen LogP contribution is -2.65. The van der Waals surface area contributed by atoms with Crippen molar-refractivity contribution in [2.45, 2.75) is 111 Å². The van der Waals surface area contributed by atoms with E-state index < -0.39 is 23.7 Å². The molecule has 1 aliphatic heterocycles. The van der Waals surface area contributed by atoms with Gasteiger partial charge in [0.05, 0.1) is 17.6 Å². The Morgan fingerprint density at radius 2 is 1.90 bits per heavy atom. The maximum absolute atomic E-state index is 13.7. The van der Waals surface area contributed by atoms with E-state index in [1.807, 2.05) is 0 Å². The lowest BCUT2D eigenvalue weighted by molar-refractivity contribution is -0.525. The lowest BCUT2D eigenvalue weighted by atomic mass is 9.43. The molecule has 4 rings (SSSR count). The number of rotatable bonds is 16. The van der Waals surface area contributed by atoms with E-state index in [9.17, 15) is 24.5 Å². The maximum atomic E-state index is 13.7. The van der Waals surface area contributed by atoms with E-state index in [1.165, 1.54) is 6.92 Å². The van der Waals surface area contributed by atoms with Crippen LogP contribution in [0.1, 0.15) is 92.9 Å². The largest absolute Gasteiger partial charge is 0.481 e. The smallest absolute Gasteiger partial charge is 0.404 e. The molecule has 14 heteroatoms. The van der Waals surface area contributed by atoms with Gasteiger partial charge >= 0.3 is 7.12 Å². The first-order valence-electron chi connectivity index (χ1n) is 15.2. The fraction of sp³-hybridized carbons (Fsp3) is 0.857. The summed E-state index contributed by atoms with van der Waals surface area (Å²) >= 11 is 0. The molecule has 0 radical (unpaired) electrons. The van der Waals surface area contributed by atoms with Crippen LogP contribution < -0.4 is 21.8 Å². The van der Waals surface area contributed by atoms with Crippen molar-refractivity contribution in [3.63, 3.8) is 0 Å². The number of amides is 2. The highest BCUT2D eigenvalue weighted by Gasteiger charge is 2.68. The number of nitrogens with two attached hydrogens (primary N) is 1. The second-order valence-corrected chi connectivity index (χ2v) is 13.4. The van der Waals surface area contributed by atoms with Crippen molar-refractivity contribution in [2.75, 3.05) is 13.1 Å². The third kappa shape index (κ3) is 8.43. The second kappa shape index (κ2) is 14.2. The predicted molar refractivity (Wildman–Crippen MR) is 158 cm³/mol. The number of Topliss-reactive ketones (excluding diaryl/α,β-unsaturated/α-hetero) is 1. The zero-order valence-corrected chi connectivity index (χ0v) is 25.9. The first-order valence-corrected chi connectivity index (χ1v) is 15.2. The van der Waals surface area contributed by atoms with Gasteiger partial charge in [-0.15, -0.1) is 0 Å². The summed E-state index contributed by atoms with van der Waals surface area (Å²) in [5, 5.41) is 15.6. The predicted octanol–water partition coefficient (Wildman–Crippen LogP) is 2.15. The van der Waals surface area contributed by atoms with E-state index >= 15 is 0 Å². The van der Waals surface area contributed by atoms with Crippen molar-refractivity contribution >= 4 is 30.7 Å².